The molecule has 34 heavy (non-hydrogen) atoms. The quantitative estimate of drug-likeness (QED) is 0.137. The monoisotopic (exact) mass is 475 g/mol. The normalized spacial score (nSPS) is 11.5. The van der Waals surface area contributed by atoms with Crippen LogP contribution >= 0.6 is 12.2 Å². The summed E-state index contributed by atoms with van der Waals surface area (Å²) < 4.78 is 5.84. The standard InChI is InChI=1S/C25H21N3O5S/c1-3-13(2)27-28-25(34)26-14-4-7-17(20(10-14)24(31)32)23-18-8-5-15(29)11-21(18)33-22-12-16(30)6-9-19(22)23/h4-12,29H,3H2,1-2H3,(H,31,32)(H2,26,28,34)/b27-13-. The lowest BCUT2D eigenvalue weighted by Crippen LogP contribution is -2.24. The summed E-state index contributed by atoms with van der Waals surface area (Å²) in [6.07, 6.45) is 0.768. The van der Waals surface area contributed by atoms with Crippen LogP contribution in [0, 0.1) is 0 Å². The van der Waals surface area contributed by atoms with Crippen LogP contribution in [0.15, 0.2) is 68.9 Å². The van der Waals surface area contributed by atoms with Crippen molar-refractivity contribution in [3.05, 3.63) is 70.4 Å². The molecule has 0 unspecified atom stereocenters. The van der Waals surface area contributed by atoms with Crippen molar-refractivity contribution in [2.75, 3.05) is 5.32 Å². The van der Waals surface area contributed by atoms with E-state index >= 15 is 0 Å². The van der Waals surface area contributed by atoms with Crippen LogP contribution in [0.2, 0.25) is 0 Å². The van der Waals surface area contributed by atoms with Crippen LogP contribution in [0.25, 0.3) is 33.4 Å². The summed E-state index contributed by atoms with van der Waals surface area (Å²) in [6, 6.07) is 13.8. The van der Waals surface area contributed by atoms with Gasteiger partial charge in [0.15, 0.2) is 10.5 Å². The Labute approximate surface area is 199 Å². The van der Waals surface area contributed by atoms with Gasteiger partial charge in [-0.15, -0.1) is 0 Å². The predicted molar refractivity (Wildman–Crippen MR) is 136 cm³/mol. The molecule has 0 fully saturated rings. The largest absolute Gasteiger partial charge is 0.508 e. The number of hydrazone groups is 1. The van der Waals surface area contributed by atoms with Gasteiger partial charge >= 0.3 is 5.97 Å². The van der Waals surface area contributed by atoms with Crippen LogP contribution in [0.4, 0.5) is 5.69 Å². The number of anilines is 1. The van der Waals surface area contributed by atoms with Crippen molar-refractivity contribution in [3.8, 4) is 28.2 Å². The van der Waals surface area contributed by atoms with Crippen LogP contribution in [0.5, 0.6) is 5.75 Å². The minimum atomic E-state index is -1.14. The molecule has 2 aromatic carbocycles. The van der Waals surface area contributed by atoms with Crippen LogP contribution in [0.1, 0.15) is 30.6 Å². The number of carbonyl (C=O) groups is 1. The molecule has 0 saturated carbocycles. The summed E-state index contributed by atoms with van der Waals surface area (Å²) in [4.78, 5) is 24.2. The molecule has 0 saturated heterocycles. The van der Waals surface area contributed by atoms with E-state index in [9.17, 15) is 19.8 Å². The molecule has 4 rings (SSSR count). The Bertz CT molecular complexity index is 1490. The summed E-state index contributed by atoms with van der Waals surface area (Å²) in [5.41, 5.74) is 5.73. The lowest BCUT2D eigenvalue weighted by atomic mass is 9.90. The number of carboxylic acid groups (broad SMARTS) is 1. The highest BCUT2D eigenvalue weighted by molar-refractivity contribution is 7.80. The van der Waals surface area contributed by atoms with Gasteiger partial charge in [0, 0.05) is 40.0 Å². The van der Waals surface area contributed by atoms with Gasteiger partial charge in [-0.2, -0.15) is 5.10 Å². The fourth-order valence-electron chi connectivity index (χ4n) is 3.55. The molecule has 9 heteroatoms. The Kier molecular flexibility index (Phi) is 6.29. The topological polar surface area (TPSA) is 124 Å². The average molecular weight is 476 g/mol. The second kappa shape index (κ2) is 9.32. The predicted octanol–water partition coefficient (Wildman–Crippen LogP) is 5.04. The number of thiocarbonyl (C=S) groups is 1. The van der Waals surface area contributed by atoms with E-state index in [2.05, 4.69) is 15.8 Å². The summed E-state index contributed by atoms with van der Waals surface area (Å²) in [6.45, 7) is 3.83. The molecule has 0 bridgehead atoms. The minimum Gasteiger partial charge on any atom is -0.508 e. The number of carboxylic acids is 1. The maximum atomic E-state index is 12.3. The third-order valence-electron chi connectivity index (χ3n) is 5.31. The van der Waals surface area contributed by atoms with E-state index in [4.69, 9.17) is 16.6 Å². The lowest BCUT2D eigenvalue weighted by molar-refractivity contribution is 0.0697. The first-order valence-electron chi connectivity index (χ1n) is 10.4. The van der Waals surface area contributed by atoms with Crippen LogP contribution in [-0.4, -0.2) is 27.0 Å². The van der Waals surface area contributed by atoms with Crippen LogP contribution in [-0.2, 0) is 0 Å². The van der Waals surface area contributed by atoms with Gasteiger partial charge in [-0.25, -0.2) is 4.79 Å². The SMILES string of the molecule is CC/C(C)=N\NC(=S)Nc1ccc(-c2c3ccc(=O)cc-3oc3cc(O)ccc23)c(C(=O)O)c1. The van der Waals surface area contributed by atoms with Gasteiger partial charge in [0.2, 0.25) is 0 Å². The Morgan fingerprint density at radius 2 is 1.85 bits per heavy atom. The van der Waals surface area contributed by atoms with E-state index in [1.807, 2.05) is 13.8 Å². The highest BCUT2D eigenvalue weighted by Crippen LogP contribution is 2.42. The molecular weight excluding hydrogens is 454 g/mol. The van der Waals surface area contributed by atoms with Crippen molar-refractivity contribution in [3.63, 3.8) is 0 Å². The molecule has 1 heterocycles. The average Bonchev–Trinajstić information content (AvgIpc) is 2.80. The van der Waals surface area contributed by atoms with E-state index in [1.165, 1.54) is 30.3 Å². The number of aromatic carboxylic acids is 1. The summed E-state index contributed by atoms with van der Waals surface area (Å²) in [7, 11) is 0. The van der Waals surface area contributed by atoms with Gasteiger partial charge in [0.1, 0.15) is 17.1 Å². The fourth-order valence-corrected chi connectivity index (χ4v) is 3.71. The van der Waals surface area contributed by atoms with Gasteiger partial charge < -0.3 is 19.9 Å². The Morgan fingerprint density at radius 1 is 1.09 bits per heavy atom. The number of nitrogens with one attached hydrogen (secondary N) is 2. The van der Waals surface area contributed by atoms with Crippen LogP contribution in [0.3, 0.4) is 0 Å². The highest BCUT2D eigenvalue weighted by atomic mass is 32.1. The van der Waals surface area contributed by atoms with E-state index in [-0.39, 0.29) is 27.6 Å². The first kappa shape index (κ1) is 22.9. The molecule has 0 aromatic heterocycles. The second-order valence-corrected chi connectivity index (χ2v) is 8.06. The molecule has 1 aliphatic heterocycles. The van der Waals surface area contributed by atoms with Crippen molar-refractivity contribution >= 4 is 45.7 Å². The van der Waals surface area contributed by atoms with Crippen molar-refractivity contribution < 1.29 is 19.4 Å². The lowest BCUT2D eigenvalue weighted by Gasteiger charge is -2.17. The summed E-state index contributed by atoms with van der Waals surface area (Å²) >= 11 is 5.25. The molecule has 0 spiro atoms. The maximum Gasteiger partial charge on any atom is 0.336 e. The zero-order valence-electron chi connectivity index (χ0n) is 18.4. The summed E-state index contributed by atoms with van der Waals surface area (Å²) in [5.74, 6) is -0.868. The minimum absolute atomic E-state index is 0.0141. The van der Waals surface area contributed by atoms with E-state index in [0.717, 1.165) is 12.1 Å². The Hall–Kier alpha value is -4.24. The van der Waals surface area contributed by atoms with Gasteiger partial charge in [-0.1, -0.05) is 13.0 Å². The zero-order chi connectivity index (χ0) is 24.4. The fraction of sp³-hybridized carbons (Fsp3) is 0.120. The number of phenols is 1. The van der Waals surface area contributed by atoms with Crippen molar-refractivity contribution in [2.24, 2.45) is 5.10 Å². The number of fused-ring (bicyclic) bond motifs is 2. The number of hydrogen-bond acceptors (Lipinski definition) is 6. The van der Waals surface area contributed by atoms with Crippen LogP contribution < -0.4 is 16.2 Å². The number of phenolic OH excluding ortho intramolecular Hbond substituents is 1. The van der Waals surface area contributed by atoms with Gasteiger partial charge in [0.05, 0.1) is 5.56 Å². The molecule has 172 valence electrons. The molecule has 2 aliphatic rings. The van der Waals surface area contributed by atoms with E-state index < -0.39 is 5.97 Å². The van der Waals surface area contributed by atoms with Gasteiger partial charge in [0.25, 0.3) is 0 Å². The smallest absolute Gasteiger partial charge is 0.336 e. The molecule has 1 aliphatic carbocycles. The number of aromatic hydroxyl groups is 1. The Balaban J connectivity index is 1.87. The maximum absolute atomic E-state index is 12.3. The molecular formula is C25H21N3O5S. The molecule has 4 N–H and O–H groups in total. The molecule has 2 aromatic rings. The first-order chi connectivity index (χ1) is 16.3. The molecule has 8 nitrogen and oxygen atoms in total. The first-order valence-corrected chi connectivity index (χ1v) is 10.8. The van der Waals surface area contributed by atoms with Crippen molar-refractivity contribution in [1.82, 2.24) is 5.43 Å². The third kappa shape index (κ3) is 4.60. The molecule has 0 atom stereocenters. The Morgan fingerprint density at radius 3 is 2.59 bits per heavy atom. The highest BCUT2D eigenvalue weighted by Gasteiger charge is 2.22. The summed E-state index contributed by atoms with van der Waals surface area (Å²) in [5, 5.41) is 27.8. The molecule has 0 radical (unpaired) electrons. The number of rotatable bonds is 5. The second-order valence-electron chi connectivity index (χ2n) is 7.65. The number of hydrogen-bond donors (Lipinski definition) is 4. The van der Waals surface area contributed by atoms with E-state index in [0.29, 0.717) is 33.3 Å². The van der Waals surface area contributed by atoms with E-state index in [1.54, 1.807) is 24.3 Å². The van der Waals surface area contributed by atoms with Crippen molar-refractivity contribution in [2.45, 2.75) is 20.3 Å². The van der Waals surface area contributed by atoms with Crippen molar-refractivity contribution in [1.29, 1.82) is 0 Å². The van der Waals surface area contributed by atoms with Gasteiger partial charge in [-0.05, 0) is 67.5 Å². The zero-order valence-corrected chi connectivity index (χ0v) is 19.2. The van der Waals surface area contributed by atoms with Gasteiger partial charge in [-0.3, -0.25) is 10.2 Å². The number of benzene rings is 3. The number of nitrogens with zero attached hydrogens (tertiary/aromatic N) is 1. The third-order valence-corrected chi connectivity index (χ3v) is 5.51. The molecule has 0 amide bonds.